The molecule has 152 valence electrons. The monoisotopic (exact) mass is 395 g/mol. The topological polar surface area (TPSA) is 50.4 Å². The lowest BCUT2D eigenvalue weighted by Crippen LogP contribution is -2.20. The molecule has 1 aromatic heterocycles. The first-order valence-electron chi connectivity index (χ1n) is 9.98. The Bertz CT molecular complexity index is 943. The third kappa shape index (κ3) is 4.95. The van der Waals surface area contributed by atoms with Crippen LogP contribution in [-0.4, -0.2) is 41.9 Å². The Labute approximate surface area is 170 Å². The molecule has 2 aromatic carbocycles. The van der Waals surface area contributed by atoms with Gasteiger partial charge in [0.1, 0.15) is 17.3 Å². The van der Waals surface area contributed by atoms with Crippen LogP contribution < -0.4 is 9.47 Å². The summed E-state index contributed by atoms with van der Waals surface area (Å²) in [5, 5.41) is 7.64. The van der Waals surface area contributed by atoms with Gasteiger partial charge in [-0.3, -0.25) is 10.00 Å². The minimum atomic E-state index is -0.131. The maximum Gasteiger partial charge on any atom is 0.127 e. The van der Waals surface area contributed by atoms with E-state index in [9.17, 15) is 4.39 Å². The molecule has 1 N–H and O–H groups in total. The molecule has 1 aliphatic rings. The number of hydrogen-bond acceptors (Lipinski definition) is 4. The molecule has 5 nitrogen and oxygen atoms in total. The molecule has 1 unspecified atom stereocenters. The second-order valence-corrected chi connectivity index (χ2v) is 7.41. The number of rotatable bonds is 8. The largest absolute Gasteiger partial charge is 0.497 e. The maximum absolute atomic E-state index is 13.9. The van der Waals surface area contributed by atoms with Crippen LogP contribution in [0, 0.1) is 5.82 Å². The van der Waals surface area contributed by atoms with Gasteiger partial charge in [-0.2, -0.15) is 5.10 Å². The van der Waals surface area contributed by atoms with Crippen LogP contribution >= 0.6 is 0 Å². The SMILES string of the molecule is COc1cccc(OCCc2cc(C3CCN(Cc4ccccc4F)C3)n[nH]2)c1. The van der Waals surface area contributed by atoms with Crippen molar-refractivity contribution in [3.8, 4) is 11.5 Å². The molecule has 1 atom stereocenters. The van der Waals surface area contributed by atoms with Crippen LogP contribution in [0.25, 0.3) is 0 Å². The first kappa shape index (κ1) is 19.5. The summed E-state index contributed by atoms with van der Waals surface area (Å²) in [4.78, 5) is 2.29. The predicted molar refractivity (Wildman–Crippen MR) is 110 cm³/mol. The highest BCUT2D eigenvalue weighted by atomic mass is 19.1. The number of aromatic amines is 1. The average Bonchev–Trinajstić information content (AvgIpc) is 3.39. The molecule has 2 heterocycles. The van der Waals surface area contributed by atoms with E-state index < -0.39 is 0 Å². The van der Waals surface area contributed by atoms with E-state index in [0.717, 1.165) is 54.4 Å². The van der Waals surface area contributed by atoms with Crippen LogP contribution in [0.5, 0.6) is 11.5 Å². The van der Waals surface area contributed by atoms with Crippen molar-refractivity contribution in [2.24, 2.45) is 0 Å². The van der Waals surface area contributed by atoms with Crippen LogP contribution in [0.2, 0.25) is 0 Å². The number of likely N-dealkylation sites (tertiary alicyclic amines) is 1. The normalized spacial score (nSPS) is 16.8. The lowest BCUT2D eigenvalue weighted by atomic mass is 10.0. The molecule has 1 saturated heterocycles. The summed E-state index contributed by atoms with van der Waals surface area (Å²) in [7, 11) is 1.64. The van der Waals surface area contributed by atoms with Gasteiger partial charge in [-0.1, -0.05) is 24.3 Å². The average molecular weight is 395 g/mol. The fourth-order valence-electron chi connectivity index (χ4n) is 3.77. The zero-order valence-electron chi connectivity index (χ0n) is 16.6. The van der Waals surface area contributed by atoms with Gasteiger partial charge in [0.2, 0.25) is 0 Å². The summed E-state index contributed by atoms with van der Waals surface area (Å²) in [6.45, 7) is 3.08. The van der Waals surface area contributed by atoms with Gasteiger partial charge in [0.05, 0.1) is 19.4 Å². The molecule has 0 amide bonds. The highest BCUT2D eigenvalue weighted by Gasteiger charge is 2.26. The Kier molecular flexibility index (Phi) is 6.10. The van der Waals surface area contributed by atoms with Crippen LogP contribution in [-0.2, 0) is 13.0 Å². The summed E-state index contributed by atoms with van der Waals surface area (Å²) in [6, 6.07) is 16.7. The van der Waals surface area contributed by atoms with Gasteiger partial charge in [0.25, 0.3) is 0 Å². The fraction of sp³-hybridized carbons (Fsp3) is 0.348. The Morgan fingerprint density at radius 1 is 1.14 bits per heavy atom. The Balaban J connectivity index is 1.27. The number of nitrogens with zero attached hydrogens (tertiary/aromatic N) is 2. The smallest absolute Gasteiger partial charge is 0.127 e. The molecule has 1 aliphatic heterocycles. The van der Waals surface area contributed by atoms with Crippen molar-refractivity contribution in [1.29, 1.82) is 0 Å². The minimum Gasteiger partial charge on any atom is -0.497 e. The van der Waals surface area contributed by atoms with E-state index in [4.69, 9.17) is 9.47 Å². The molecule has 6 heteroatoms. The summed E-state index contributed by atoms with van der Waals surface area (Å²) in [6.07, 6.45) is 1.80. The summed E-state index contributed by atoms with van der Waals surface area (Å²) < 4.78 is 24.9. The van der Waals surface area contributed by atoms with Gasteiger partial charge in [0, 0.05) is 42.8 Å². The first-order chi connectivity index (χ1) is 14.2. The molecular weight excluding hydrogens is 369 g/mol. The van der Waals surface area contributed by atoms with E-state index in [1.54, 1.807) is 13.2 Å². The van der Waals surface area contributed by atoms with E-state index in [2.05, 4.69) is 21.2 Å². The first-order valence-corrected chi connectivity index (χ1v) is 9.98. The summed E-state index contributed by atoms with van der Waals surface area (Å²) in [5.41, 5.74) is 2.90. The molecule has 3 aromatic rings. The van der Waals surface area contributed by atoms with Gasteiger partial charge >= 0.3 is 0 Å². The summed E-state index contributed by atoms with van der Waals surface area (Å²) in [5.74, 6) is 1.83. The van der Waals surface area contributed by atoms with Crippen molar-refractivity contribution in [2.45, 2.75) is 25.3 Å². The number of methoxy groups -OCH3 is 1. The highest BCUT2D eigenvalue weighted by Crippen LogP contribution is 2.28. The second-order valence-electron chi connectivity index (χ2n) is 7.41. The molecule has 0 saturated carbocycles. The molecule has 0 bridgehead atoms. The van der Waals surface area contributed by atoms with E-state index in [1.807, 2.05) is 36.4 Å². The van der Waals surface area contributed by atoms with Crippen molar-refractivity contribution in [2.75, 3.05) is 26.8 Å². The van der Waals surface area contributed by atoms with Crippen LogP contribution in [0.4, 0.5) is 4.39 Å². The molecule has 0 aliphatic carbocycles. The standard InChI is InChI=1S/C23H26FN3O2/c1-28-20-6-4-7-21(14-20)29-12-10-19-13-23(26-25-19)18-9-11-27(16-18)15-17-5-2-3-8-22(17)24/h2-8,13-14,18H,9-12,15-16H2,1H3,(H,25,26). The molecule has 1 fully saturated rings. The van der Waals surface area contributed by atoms with Crippen molar-refractivity contribution in [3.63, 3.8) is 0 Å². The van der Waals surface area contributed by atoms with Crippen LogP contribution in [0.15, 0.2) is 54.6 Å². The van der Waals surface area contributed by atoms with Crippen molar-refractivity contribution in [1.82, 2.24) is 15.1 Å². The number of benzene rings is 2. The van der Waals surface area contributed by atoms with Gasteiger partial charge in [-0.25, -0.2) is 4.39 Å². The van der Waals surface area contributed by atoms with Gasteiger partial charge in [-0.05, 0) is 37.2 Å². The van der Waals surface area contributed by atoms with Crippen molar-refractivity contribution < 1.29 is 13.9 Å². The van der Waals surface area contributed by atoms with Gasteiger partial charge in [0.15, 0.2) is 0 Å². The quantitative estimate of drug-likeness (QED) is 0.622. The molecule has 4 rings (SSSR count). The van der Waals surface area contributed by atoms with Crippen LogP contribution in [0.3, 0.4) is 0 Å². The minimum absolute atomic E-state index is 0.131. The number of H-pyrrole nitrogens is 1. The third-order valence-corrected chi connectivity index (χ3v) is 5.37. The molecule has 0 spiro atoms. The third-order valence-electron chi connectivity index (χ3n) is 5.37. The highest BCUT2D eigenvalue weighted by molar-refractivity contribution is 5.32. The van der Waals surface area contributed by atoms with Gasteiger partial charge < -0.3 is 9.47 Å². The number of aromatic nitrogens is 2. The maximum atomic E-state index is 13.9. The number of ether oxygens (including phenoxy) is 2. The van der Waals surface area contributed by atoms with Gasteiger partial charge in [-0.15, -0.1) is 0 Å². The fourth-order valence-corrected chi connectivity index (χ4v) is 3.77. The summed E-state index contributed by atoms with van der Waals surface area (Å²) >= 11 is 0. The van der Waals surface area contributed by atoms with E-state index in [1.165, 1.54) is 6.07 Å². The Morgan fingerprint density at radius 3 is 2.86 bits per heavy atom. The van der Waals surface area contributed by atoms with Crippen LogP contribution in [0.1, 0.15) is 29.3 Å². The molecule has 0 radical (unpaired) electrons. The zero-order chi connectivity index (χ0) is 20.1. The predicted octanol–water partition coefficient (Wildman–Crippen LogP) is 4.17. The van der Waals surface area contributed by atoms with Crippen molar-refractivity contribution in [3.05, 3.63) is 77.4 Å². The lowest BCUT2D eigenvalue weighted by Gasteiger charge is -2.15. The lowest BCUT2D eigenvalue weighted by molar-refractivity contribution is 0.317. The number of nitrogens with one attached hydrogen (secondary N) is 1. The second kappa shape index (κ2) is 9.09. The Morgan fingerprint density at radius 2 is 2.00 bits per heavy atom. The number of halogens is 1. The molecular formula is C23H26FN3O2. The zero-order valence-corrected chi connectivity index (χ0v) is 16.6. The Hall–Kier alpha value is -2.86. The molecule has 29 heavy (non-hydrogen) atoms. The number of hydrogen-bond donors (Lipinski definition) is 1. The van der Waals surface area contributed by atoms with E-state index >= 15 is 0 Å². The van der Waals surface area contributed by atoms with E-state index in [-0.39, 0.29) is 5.82 Å². The van der Waals surface area contributed by atoms with Crippen molar-refractivity contribution >= 4 is 0 Å². The van der Waals surface area contributed by atoms with E-state index in [0.29, 0.717) is 19.1 Å².